The van der Waals surface area contributed by atoms with Crippen LogP contribution in [0.1, 0.15) is 265 Å². The van der Waals surface area contributed by atoms with Gasteiger partial charge in [-0.15, -0.1) is 0 Å². The summed E-state index contributed by atoms with van der Waals surface area (Å²) in [5.74, 6) is -1.04. The molecule has 0 fully saturated rings. The van der Waals surface area contributed by atoms with Crippen LogP contribution in [0.5, 0.6) is 0 Å². The molecular weight excluding hydrogens is 901 g/mol. The van der Waals surface area contributed by atoms with E-state index >= 15 is 0 Å². The number of ether oxygens (including phenoxy) is 3. The molecule has 0 saturated heterocycles. The third-order valence-corrected chi connectivity index (χ3v) is 12.4. The highest BCUT2D eigenvalue weighted by Crippen LogP contribution is 2.15. The molecule has 0 heterocycles. The lowest BCUT2D eigenvalue weighted by Gasteiger charge is -2.18. The van der Waals surface area contributed by atoms with Gasteiger partial charge in [-0.2, -0.15) is 0 Å². The molecule has 0 rings (SSSR count). The molecule has 0 aromatic heterocycles. The normalized spacial score (nSPS) is 13.0. The van der Waals surface area contributed by atoms with E-state index in [1.54, 1.807) is 0 Å². The minimum Gasteiger partial charge on any atom is -0.462 e. The van der Waals surface area contributed by atoms with Gasteiger partial charge in [0.2, 0.25) is 0 Å². The Balaban J connectivity index is 4.53. The molecule has 0 spiro atoms. The Morgan fingerprint density at radius 1 is 0.288 bits per heavy atom. The predicted octanol–water partition coefficient (Wildman–Crippen LogP) is 20.4. The van der Waals surface area contributed by atoms with Crippen LogP contribution < -0.4 is 0 Å². The van der Waals surface area contributed by atoms with Gasteiger partial charge in [0.25, 0.3) is 0 Å². The molecular formula is C67H110O6. The Labute approximate surface area is 450 Å². The number of hydrogen-bond donors (Lipinski definition) is 0. The second kappa shape index (κ2) is 60.4. The fourth-order valence-electron chi connectivity index (χ4n) is 7.94. The van der Waals surface area contributed by atoms with Crippen molar-refractivity contribution < 1.29 is 28.6 Å². The van der Waals surface area contributed by atoms with Crippen molar-refractivity contribution >= 4 is 17.9 Å². The molecule has 0 bridgehead atoms. The third-order valence-electron chi connectivity index (χ3n) is 12.4. The summed E-state index contributed by atoms with van der Waals surface area (Å²) in [6.07, 6.45) is 83.5. The van der Waals surface area contributed by atoms with Gasteiger partial charge in [-0.05, 0) is 122 Å². The number of carbonyl (C=O) groups excluding carboxylic acids is 3. The van der Waals surface area contributed by atoms with E-state index < -0.39 is 6.10 Å². The minimum atomic E-state index is -0.828. The van der Waals surface area contributed by atoms with Crippen molar-refractivity contribution in [3.05, 3.63) is 122 Å². The first kappa shape index (κ1) is 68.8. The summed E-state index contributed by atoms with van der Waals surface area (Å²) in [6.45, 7) is 6.40. The number of rotatable bonds is 53. The summed E-state index contributed by atoms with van der Waals surface area (Å²) in [6, 6.07) is 0. The maximum Gasteiger partial charge on any atom is 0.306 e. The monoisotopic (exact) mass is 1010 g/mol. The zero-order valence-corrected chi connectivity index (χ0v) is 47.4. The molecule has 0 aromatic rings. The largest absolute Gasteiger partial charge is 0.462 e. The molecule has 0 aliphatic heterocycles. The molecule has 0 aliphatic carbocycles. The summed E-state index contributed by atoms with van der Waals surface area (Å²) in [5, 5.41) is 0. The van der Waals surface area contributed by atoms with Crippen molar-refractivity contribution in [2.45, 2.75) is 271 Å². The third kappa shape index (κ3) is 58.6. The molecule has 0 saturated carbocycles. The van der Waals surface area contributed by atoms with E-state index in [4.69, 9.17) is 14.2 Å². The fraction of sp³-hybridized carbons (Fsp3) is 0.657. The van der Waals surface area contributed by atoms with Crippen molar-refractivity contribution in [2.24, 2.45) is 0 Å². The Morgan fingerprint density at radius 2 is 0.548 bits per heavy atom. The average molecular weight is 1010 g/mol. The Hall–Kier alpha value is -4.19. The molecule has 1 atom stereocenters. The molecule has 73 heavy (non-hydrogen) atoms. The second-order valence-corrected chi connectivity index (χ2v) is 19.5. The molecule has 6 heteroatoms. The van der Waals surface area contributed by atoms with E-state index in [9.17, 15) is 14.4 Å². The number of carbonyl (C=O) groups is 3. The Bertz CT molecular complexity index is 1540. The van der Waals surface area contributed by atoms with E-state index in [1.807, 2.05) is 0 Å². The summed E-state index contributed by atoms with van der Waals surface area (Å²) in [4.78, 5) is 38.2. The molecule has 414 valence electrons. The van der Waals surface area contributed by atoms with Crippen LogP contribution in [-0.4, -0.2) is 37.2 Å². The van der Waals surface area contributed by atoms with E-state index in [-0.39, 0.29) is 44.0 Å². The van der Waals surface area contributed by atoms with E-state index in [0.717, 1.165) is 83.5 Å². The summed E-state index contributed by atoms with van der Waals surface area (Å²) >= 11 is 0. The summed E-state index contributed by atoms with van der Waals surface area (Å²) < 4.78 is 16.8. The molecule has 0 aliphatic rings. The Kier molecular flexibility index (Phi) is 56.9. The standard InChI is InChI=1S/C67H110O6/c1-4-7-10-13-16-19-22-25-28-31-32-33-34-37-40-43-46-49-52-55-58-61-67(70)73-64(62-71-65(68)59-56-53-50-47-44-41-38-35-29-26-23-20-17-14-11-8-5-2)63-72-66(69)60-57-54-51-48-45-42-39-36-30-27-24-21-18-15-12-9-6-3/h8,11,17-18,20-21,25-30,38-39,41-42,47-48,50-51,64H,4-7,9-10,12-16,19,22-24,31-37,40,43-46,49,52-63H2,1-3H3/b11-8-,20-17-,21-18-,28-25-,29-26-,30-27-,41-38-,42-39-,50-47-,51-48-/t64-/m1/s1. The van der Waals surface area contributed by atoms with Gasteiger partial charge in [-0.25, -0.2) is 0 Å². The lowest BCUT2D eigenvalue weighted by molar-refractivity contribution is -0.167. The van der Waals surface area contributed by atoms with Crippen molar-refractivity contribution in [1.29, 1.82) is 0 Å². The van der Waals surface area contributed by atoms with Gasteiger partial charge >= 0.3 is 17.9 Å². The van der Waals surface area contributed by atoms with Gasteiger partial charge in [-0.1, -0.05) is 245 Å². The van der Waals surface area contributed by atoms with Gasteiger partial charge in [0.05, 0.1) is 0 Å². The van der Waals surface area contributed by atoms with E-state index in [1.165, 1.54) is 128 Å². The molecule has 0 radical (unpaired) electrons. The fourth-order valence-corrected chi connectivity index (χ4v) is 7.94. The number of esters is 3. The van der Waals surface area contributed by atoms with Crippen molar-refractivity contribution in [2.75, 3.05) is 13.2 Å². The van der Waals surface area contributed by atoms with Crippen LogP contribution in [0.15, 0.2) is 122 Å². The van der Waals surface area contributed by atoms with Crippen LogP contribution in [0.4, 0.5) is 0 Å². The zero-order chi connectivity index (χ0) is 52.9. The molecule has 6 nitrogen and oxygen atoms in total. The van der Waals surface area contributed by atoms with E-state index in [2.05, 4.69) is 142 Å². The minimum absolute atomic E-state index is 0.126. The van der Waals surface area contributed by atoms with Gasteiger partial charge in [0.15, 0.2) is 6.10 Å². The smallest absolute Gasteiger partial charge is 0.306 e. The zero-order valence-electron chi connectivity index (χ0n) is 47.4. The lowest BCUT2D eigenvalue weighted by atomic mass is 10.0. The van der Waals surface area contributed by atoms with Crippen LogP contribution in [-0.2, 0) is 28.6 Å². The predicted molar refractivity (Wildman–Crippen MR) is 316 cm³/mol. The summed E-state index contributed by atoms with van der Waals surface area (Å²) in [7, 11) is 0. The van der Waals surface area contributed by atoms with Crippen LogP contribution in [0.3, 0.4) is 0 Å². The number of allylic oxidation sites excluding steroid dienone is 20. The van der Waals surface area contributed by atoms with Crippen LogP contribution in [0.2, 0.25) is 0 Å². The molecule has 0 unspecified atom stereocenters. The first-order valence-corrected chi connectivity index (χ1v) is 30.0. The SMILES string of the molecule is CC/C=C\C/C=C\C/C=C\C/C=C\C/C=C\CCCC(=O)OC[C@H](COC(=O)CCC/C=C\C/C=C\C/C=C\C/C=C\CCCCC)OC(=O)CCCCCCCCCCCCC/C=C\CCCCCCCC. The first-order chi connectivity index (χ1) is 36.0. The Morgan fingerprint density at radius 3 is 0.918 bits per heavy atom. The van der Waals surface area contributed by atoms with Gasteiger partial charge < -0.3 is 14.2 Å². The van der Waals surface area contributed by atoms with Gasteiger partial charge in [-0.3, -0.25) is 14.4 Å². The van der Waals surface area contributed by atoms with Crippen LogP contribution >= 0.6 is 0 Å². The van der Waals surface area contributed by atoms with Crippen molar-refractivity contribution in [1.82, 2.24) is 0 Å². The van der Waals surface area contributed by atoms with Gasteiger partial charge in [0.1, 0.15) is 13.2 Å². The highest BCUT2D eigenvalue weighted by atomic mass is 16.6. The maximum atomic E-state index is 12.9. The second-order valence-electron chi connectivity index (χ2n) is 19.5. The van der Waals surface area contributed by atoms with Crippen LogP contribution in [0, 0.1) is 0 Å². The average Bonchev–Trinajstić information content (AvgIpc) is 3.39. The first-order valence-electron chi connectivity index (χ1n) is 30.0. The highest BCUT2D eigenvalue weighted by Gasteiger charge is 2.19. The molecule has 0 N–H and O–H groups in total. The summed E-state index contributed by atoms with van der Waals surface area (Å²) in [5.41, 5.74) is 0. The maximum absolute atomic E-state index is 12.9. The van der Waals surface area contributed by atoms with Crippen LogP contribution in [0.25, 0.3) is 0 Å². The topological polar surface area (TPSA) is 78.9 Å². The van der Waals surface area contributed by atoms with Gasteiger partial charge in [0, 0.05) is 19.3 Å². The highest BCUT2D eigenvalue weighted by molar-refractivity contribution is 5.71. The molecule has 0 aromatic carbocycles. The number of unbranched alkanes of at least 4 members (excludes halogenated alkanes) is 22. The lowest BCUT2D eigenvalue weighted by Crippen LogP contribution is -2.30. The van der Waals surface area contributed by atoms with Crippen molar-refractivity contribution in [3.63, 3.8) is 0 Å². The van der Waals surface area contributed by atoms with Crippen molar-refractivity contribution in [3.8, 4) is 0 Å². The quantitative estimate of drug-likeness (QED) is 0.0261. The van der Waals surface area contributed by atoms with E-state index in [0.29, 0.717) is 19.3 Å². The molecule has 0 amide bonds. The number of hydrogen-bond acceptors (Lipinski definition) is 6.